The fraction of sp³-hybridized carbons (Fsp3) is 0.615. The molecule has 0 aromatic carbocycles. The van der Waals surface area contributed by atoms with Gasteiger partial charge < -0.3 is 5.32 Å². The quantitative estimate of drug-likeness (QED) is 0.694. The smallest absolute Gasteiger partial charge is 0.129 e. The van der Waals surface area contributed by atoms with Gasteiger partial charge in [-0.2, -0.15) is 11.8 Å². The molecule has 1 aromatic heterocycles. The molecule has 0 aliphatic heterocycles. The van der Waals surface area contributed by atoms with E-state index in [1.807, 2.05) is 24.0 Å². The van der Waals surface area contributed by atoms with E-state index in [1.54, 1.807) is 0 Å². The summed E-state index contributed by atoms with van der Waals surface area (Å²) in [6.45, 7) is 5.28. The normalized spacial score (nSPS) is 10.4. The first-order valence-electron chi connectivity index (χ1n) is 6.14. The molecule has 1 heterocycles. The van der Waals surface area contributed by atoms with Gasteiger partial charge in [0.05, 0.1) is 0 Å². The van der Waals surface area contributed by atoms with Crippen molar-refractivity contribution in [1.82, 2.24) is 4.98 Å². The van der Waals surface area contributed by atoms with Crippen LogP contribution in [0.3, 0.4) is 0 Å². The Morgan fingerprint density at radius 2 is 2.19 bits per heavy atom. The fourth-order valence-electron chi connectivity index (χ4n) is 1.52. The van der Waals surface area contributed by atoms with Crippen LogP contribution in [0.25, 0.3) is 0 Å². The molecule has 0 radical (unpaired) electrons. The zero-order chi connectivity index (χ0) is 11.6. The average Bonchev–Trinajstić information content (AvgIpc) is 2.31. The van der Waals surface area contributed by atoms with E-state index in [0.717, 1.165) is 18.1 Å². The minimum absolute atomic E-state index is 0.935. The van der Waals surface area contributed by atoms with Crippen molar-refractivity contribution in [2.75, 3.05) is 17.6 Å². The molecule has 0 atom stereocenters. The average molecular weight is 238 g/mol. The van der Waals surface area contributed by atoms with Crippen molar-refractivity contribution in [3.05, 3.63) is 23.9 Å². The van der Waals surface area contributed by atoms with E-state index in [9.17, 15) is 0 Å². The Morgan fingerprint density at radius 3 is 2.94 bits per heavy atom. The first-order chi connectivity index (χ1) is 7.88. The van der Waals surface area contributed by atoms with Crippen molar-refractivity contribution in [2.45, 2.75) is 38.9 Å². The number of unbranched alkanes of at least 4 members (excludes halogenated alkanes) is 2. The molecule has 16 heavy (non-hydrogen) atoms. The van der Waals surface area contributed by atoms with E-state index in [0.29, 0.717) is 0 Å². The number of rotatable bonds is 8. The standard InChI is InChI=1S/C13H22N2S/c1-3-5-6-10-16-11-12-8-7-9-15-13(12)14-4-2/h7-9H,3-6,10-11H2,1-2H3,(H,14,15). The molecule has 0 saturated heterocycles. The third kappa shape index (κ3) is 4.88. The van der Waals surface area contributed by atoms with Crippen molar-refractivity contribution in [2.24, 2.45) is 0 Å². The molecule has 0 aliphatic carbocycles. The first-order valence-corrected chi connectivity index (χ1v) is 7.29. The maximum atomic E-state index is 4.36. The molecule has 0 aliphatic rings. The summed E-state index contributed by atoms with van der Waals surface area (Å²) in [5, 5.41) is 3.30. The zero-order valence-corrected chi connectivity index (χ0v) is 11.1. The van der Waals surface area contributed by atoms with E-state index >= 15 is 0 Å². The molecule has 1 rings (SSSR count). The number of aromatic nitrogens is 1. The van der Waals surface area contributed by atoms with E-state index in [1.165, 1.54) is 30.6 Å². The monoisotopic (exact) mass is 238 g/mol. The lowest BCUT2D eigenvalue weighted by Crippen LogP contribution is -2.02. The second kappa shape index (κ2) is 8.45. The Bertz CT molecular complexity index is 289. The minimum atomic E-state index is 0.935. The summed E-state index contributed by atoms with van der Waals surface area (Å²) in [6, 6.07) is 4.18. The number of hydrogen-bond donors (Lipinski definition) is 1. The van der Waals surface area contributed by atoms with Gasteiger partial charge in [-0.05, 0) is 25.2 Å². The predicted octanol–water partition coefficient (Wildman–Crippen LogP) is 3.94. The third-order valence-electron chi connectivity index (χ3n) is 2.39. The predicted molar refractivity (Wildman–Crippen MR) is 74.1 cm³/mol. The van der Waals surface area contributed by atoms with Crippen molar-refractivity contribution in [3.8, 4) is 0 Å². The van der Waals surface area contributed by atoms with Crippen LogP contribution in [0.5, 0.6) is 0 Å². The van der Waals surface area contributed by atoms with Gasteiger partial charge in [0.25, 0.3) is 0 Å². The molecule has 90 valence electrons. The molecule has 0 unspecified atom stereocenters. The Balaban J connectivity index is 2.34. The highest BCUT2D eigenvalue weighted by molar-refractivity contribution is 7.98. The van der Waals surface area contributed by atoms with E-state index in [-0.39, 0.29) is 0 Å². The highest BCUT2D eigenvalue weighted by Gasteiger charge is 2.01. The molecular weight excluding hydrogens is 216 g/mol. The van der Waals surface area contributed by atoms with Gasteiger partial charge in [0.2, 0.25) is 0 Å². The number of nitrogens with zero attached hydrogens (tertiary/aromatic N) is 1. The highest BCUT2D eigenvalue weighted by atomic mass is 32.2. The van der Waals surface area contributed by atoms with Crippen LogP contribution >= 0.6 is 11.8 Å². The van der Waals surface area contributed by atoms with Crippen LogP contribution in [0.1, 0.15) is 38.7 Å². The van der Waals surface area contributed by atoms with E-state index < -0.39 is 0 Å². The molecule has 0 spiro atoms. The molecule has 0 saturated carbocycles. The number of thioether (sulfide) groups is 1. The van der Waals surface area contributed by atoms with Crippen LogP contribution in [-0.2, 0) is 5.75 Å². The fourth-order valence-corrected chi connectivity index (χ4v) is 2.52. The largest absolute Gasteiger partial charge is 0.370 e. The minimum Gasteiger partial charge on any atom is -0.370 e. The second-order valence-corrected chi connectivity index (χ2v) is 4.91. The van der Waals surface area contributed by atoms with Crippen LogP contribution < -0.4 is 5.32 Å². The Morgan fingerprint density at radius 1 is 1.31 bits per heavy atom. The molecule has 0 fully saturated rings. The summed E-state index contributed by atoms with van der Waals surface area (Å²) in [5.74, 6) is 3.38. The maximum absolute atomic E-state index is 4.36. The third-order valence-corrected chi connectivity index (χ3v) is 3.48. The van der Waals surface area contributed by atoms with Crippen molar-refractivity contribution < 1.29 is 0 Å². The lowest BCUT2D eigenvalue weighted by Gasteiger charge is -2.08. The topological polar surface area (TPSA) is 24.9 Å². The maximum Gasteiger partial charge on any atom is 0.129 e. The van der Waals surface area contributed by atoms with Crippen LogP contribution in [-0.4, -0.2) is 17.3 Å². The van der Waals surface area contributed by atoms with E-state index in [2.05, 4.69) is 30.2 Å². The molecule has 0 amide bonds. The molecule has 1 aromatic rings. The van der Waals surface area contributed by atoms with Gasteiger partial charge in [-0.1, -0.05) is 25.8 Å². The van der Waals surface area contributed by atoms with Gasteiger partial charge in [-0.15, -0.1) is 0 Å². The summed E-state index contributed by atoms with van der Waals surface area (Å²) < 4.78 is 0. The highest BCUT2D eigenvalue weighted by Crippen LogP contribution is 2.19. The number of nitrogens with one attached hydrogen (secondary N) is 1. The van der Waals surface area contributed by atoms with Crippen LogP contribution in [0.15, 0.2) is 18.3 Å². The Kier molecular flexibility index (Phi) is 7.06. The van der Waals surface area contributed by atoms with Gasteiger partial charge in [-0.3, -0.25) is 0 Å². The van der Waals surface area contributed by atoms with Gasteiger partial charge in [0.1, 0.15) is 5.82 Å². The summed E-state index contributed by atoms with van der Waals surface area (Å²) in [6.07, 6.45) is 5.83. The number of hydrogen-bond acceptors (Lipinski definition) is 3. The van der Waals surface area contributed by atoms with Crippen LogP contribution in [0, 0.1) is 0 Å². The Hall–Kier alpha value is -0.700. The number of anilines is 1. The van der Waals surface area contributed by atoms with Gasteiger partial charge in [0.15, 0.2) is 0 Å². The van der Waals surface area contributed by atoms with Crippen molar-refractivity contribution in [3.63, 3.8) is 0 Å². The SMILES string of the molecule is CCCCCSCc1cccnc1NCC. The summed E-state index contributed by atoms with van der Waals surface area (Å²) in [5.41, 5.74) is 1.32. The van der Waals surface area contributed by atoms with Crippen molar-refractivity contribution >= 4 is 17.6 Å². The second-order valence-electron chi connectivity index (χ2n) is 3.80. The summed E-state index contributed by atoms with van der Waals surface area (Å²) in [4.78, 5) is 4.36. The Labute approximate surface area is 103 Å². The first kappa shape index (κ1) is 13.4. The zero-order valence-electron chi connectivity index (χ0n) is 10.3. The van der Waals surface area contributed by atoms with Gasteiger partial charge in [-0.25, -0.2) is 4.98 Å². The summed E-state index contributed by atoms with van der Waals surface area (Å²) in [7, 11) is 0. The molecule has 0 bridgehead atoms. The molecule has 2 nitrogen and oxygen atoms in total. The molecular formula is C13H22N2S. The summed E-state index contributed by atoms with van der Waals surface area (Å²) >= 11 is 2.01. The van der Waals surface area contributed by atoms with E-state index in [4.69, 9.17) is 0 Å². The van der Waals surface area contributed by atoms with Crippen LogP contribution in [0.4, 0.5) is 5.82 Å². The van der Waals surface area contributed by atoms with Crippen LogP contribution in [0.2, 0.25) is 0 Å². The molecule has 1 N–H and O–H groups in total. The van der Waals surface area contributed by atoms with Gasteiger partial charge >= 0.3 is 0 Å². The molecule has 3 heteroatoms. The lowest BCUT2D eigenvalue weighted by atomic mass is 10.3. The number of pyridine rings is 1. The lowest BCUT2D eigenvalue weighted by molar-refractivity contribution is 0.778. The van der Waals surface area contributed by atoms with Crippen molar-refractivity contribution in [1.29, 1.82) is 0 Å². The van der Waals surface area contributed by atoms with Gasteiger partial charge in [0, 0.05) is 24.1 Å².